The molecule has 2 aromatic heterocycles. The molecule has 3 aromatic rings. The number of benzene rings is 1. The molecule has 0 fully saturated rings. The second-order valence-electron chi connectivity index (χ2n) is 4.36. The van der Waals surface area contributed by atoms with Crippen LogP contribution in [-0.2, 0) is 6.54 Å². The zero-order valence-electron chi connectivity index (χ0n) is 10.7. The zero-order chi connectivity index (χ0) is 13.2. The molecule has 4 nitrogen and oxygen atoms in total. The Bertz CT molecular complexity index is 718. The van der Waals surface area contributed by atoms with E-state index in [9.17, 15) is 0 Å². The Balaban J connectivity index is 2.14. The van der Waals surface area contributed by atoms with E-state index in [1.165, 1.54) is 0 Å². The van der Waals surface area contributed by atoms with Crippen molar-refractivity contribution in [3.05, 3.63) is 48.3 Å². The summed E-state index contributed by atoms with van der Waals surface area (Å²) in [5.74, 6) is 0.636. The summed E-state index contributed by atoms with van der Waals surface area (Å²) in [7, 11) is 1.63. The maximum Gasteiger partial charge on any atom is 0.221 e. The van der Waals surface area contributed by atoms with Crippen molar-refractivity contribution < 1.29 is 4.74 Å². The molecule has 0 saturated carbocycles. The molecule has 0 bridgehead atoms. The summed E-state index contributed by atoms with van der Waals surface area (Å²) in [6.07, 6.45) is 1.73. The lowest BCUT2D eigenvalue weighted by atomic mass is 10.1. The van der Waals surface area contributed by atoms with E-state index < -0.39 is 0 Å². The number of H-pyrrole nitrogens is 1. The molecule has 1 aromatic carbocycles. The SMILES string of the molecule is COc1ncccc1-c1ccc2[nH]c(CN)cc2c1. The third-order valence-electron chi connectivity index (χ3n) is 3.17. The normalized spacial score (nSPS) is 10.8. The van der Waals surface area contributed by atoms with Gasteiger partial charge < -0.3 is 15.5 Å². The number of aromatic amines is 1. The molecule has 96 valence electrons. The van der Waals surface area contributed by atoms with Crippen LogP contribution in [0.1, 0.15) is 5.69 Å². The summed E-state index contributed by atoms with van der Waals surface area (Å²) < 4.78 is 5.30. The van der Waals surface area contributed by atoms with Crippen LogP contribution in [0.3, 0.4) is 0 Å². The van der Waals surface area contributed by atoms with E-state index in [1.54, 1.807) is 13.3 Å². The number of rotatable bonds is 3. The maximum atomic E-state index is 5.65. The highest BCUT2D eigenvalue weighted by Gasteiger charge is 2.08. The lowest BCUT2D eigenvalue weighted by Crippen LogP contribution is -1.94. The molecule has 3 rings (SSSR count). The second-order valence-corrected chi connectivity index (χ2v) is 4.36. The standard InChI is InChI=1S/C15H15N3O/c1-19-15-13(3-2-6-17-15)10-4-5-14-11(7-10)8-12(9-16)18-14/h2-8,18H,9,16H2,1H3. The summed E-state index contributed by atoms with van der Waals surface area (Å²) in [4.78, 5) is 7.51. The van der Waals surface area contributed by atoms with Crippen LogP contribution < -0.4 is 10.5 Å². The topological polar surface area (TPSA) is 63.9 Å². The van der Waals surface area contributed by atoms with E-state index in [-0.39, 0.29) is 0 Å². The van der Waals surface area contributed by atoms with Gasteiger partial charge in [0, 0.05) is 34.9 Å². The average Bonchev–Trinajstić information content (AvgIpc) is 2.89. The Hall–Kier alpha value is -2.33. The lowest BCUT2D eigenvalue weighted by Gasteiger charge is -2.06. The highest BCUT2D eigenvalue weighted by atomic mass is 16.5. The van der Waals surface area contributed by atoms with Crippen LogP contribution in [0.2, 0.25) is 0 Å². The third kappa shape index (κ3) is 2.06. The predicted molar refractivity (Wildman–Crippen MR) is 76.0 cm³/mol. The zero-order valence-corrected chi connectivity index (χ0v) is 10.7. The molecule has 2 heterocycles. The average molecular weight is 253 g/mol. The maximum absolute atomic E-state index is 5.65. The van der Waals surface area contributed by atoms with Crippen LogP contribution >= 0.6 is 0 Å². The molecule has 0 atom stereocenters. The molecular weight excluding hydrogens is 238 g/mol. The number of nitrogens with one attached hydrogen (secondary N) is 1. The van der Waals surface area contributed by atoms with Gasteiger partial charge in [0.05, 0.1) is 7.11 Å². The number of ether oxygens (including phenoxy) is 1. The van der Waals surface area contributed by atoms with Gasteiger partial charge in [-0.1, -0.05) is 6.07 Å². The minimum atomic E-state index is 0.514. The van der Waals surface area contributed by atoms with Crippen LogP contribution in [0.25, 0.3) is 22.0 Å². The number of nitrogens with zero attached hydrogens (tertiary/aromatic N) is 1. The summed E-state index contributed by atoms with van der Waals surface area (Å²) in [6, 6.07) is 12.2. The van der Waals surface area contributed by atoms with Crippen molar-refractivity contribution in [2.75, 3.05) is 7.11 Å². The number of pyridine rings is 1. The largest absolute Gasteiger partial charge is 0.481 e. The van der Waals surface area contributed by atoms with Gasteiger partial charge in [-0.3, -0.25) is 0 Å². The van der Waals surface area contributed by atoms with Gasteiger partial charge >= 0.3 is 0 Å². The highest BCUT2D eigenvalue weighted by molar-refractivity contribution is 5.86. The quantitative estimate of drug-likeness (QED) is 0.754. The van der Waals surface area contributed by atoms with E-state index >= 15 is 0 Å². The van der Waals surface area contributed by atoms with Gasteiger partial charge in [-0.25, -0.2) is 4.98 Å². The first-order chi connectivity index (χ1) is 9.31. The predicted octanol–water partition coefficient (Wildman–Crippen LogP) is 2.70. The molecule has 4 heteroatoms. The van der Waals surface area contributed by atoms with Gasteiger partial charge in [-0.2, -0.15) is 0 Å². The van der Waals surface area contributed by atoms with Gasteiger partial charge in [-0.05, 0) is 35.9 Å². The van der Waals surface area contributed by atoms with Gasteiger partial charge in [0.1, 0.15) is 0 Å². The fourth-order valence-electron chi connectivity index (χ4n) is 2.24. The van der Waals surface area contributed by atoms with Crippen molar-refractivity contribution >= 4 is 10.9 Å². The van der Waals surface area contributed by atoms with Crippen LogP contribution in [0.4, 0.5) is 0 Å². The monoisotopic (exact) mass is 253 g/mol. The Morgan fingerprint density at radius 3 is 2.95 bits per heavy atom. The Labute approximate surface area is 111 Å². The minimum absolute atomic E-state index is 0.514. The van der Waals surface area contributed by atoms with Gasteiger partial charge in [0.15, 0.2) is 0 Å². The third-order valence-corrected chi connectivity index (χ3v) is 3.17. The minimum Gasteiger partial charge on any atom is -0.481 e. The van der Waals surface area contributed by atoms with Crippen molar-refractivity contribution in [1.29, 1.82) is 0 Å². The first-order valence-electron chi connectivity index (χ1n) is 6.13. The number of hydrogen-bond acceptors (Lipinski definition) is 3. The summed E-state index contributed by atoms with van der Waals surface area (Å²) in [6.45, 7) is 0.514. The fourth-order valence-corrected chi connectivity index (χ4v) is 2.24. The molecule has 3 N–H and O–H groups in total. The van der Waals surface area contributed by atoms with E-state index in [0.29, 0.717) is 12.4 Å². The lowest BCUT2D eigenvalue weighted by molar-refractivity contribution is 0.399. The van der Waals surface area contributed by atoms with Gasteiger partial charge in [0.25, 0.3) is 0 Å². The van der Waals surface area contributed by atoms with E-state index in [0.717, 1.165) is 27.7 Å². The second kappa shape index (κ2) is 4.74. The molecule has 0 amide bonds. The molecule has 0 aliphatic carbocycles. The first kappa shape index (κ1) is 11.7. The number of aromatic nitrogens is 2. The summed E-state index contributed by atoms with van der Waals surface area (Å²) in [5.41, 5.74) is 9.84. The van der Waals surface area contributed by atoms with Crippen molar-refractivity contribution in [3.63, 3.8) is 0 Å². The fraction of sp³-hybridized carbons (Fsp3) is 0.133. The number of hydrogen-bond donors (Lipinski definition) is 2. The van der Waals surface area contributed by atoms with Crippen molar-refractivity contribution in [1.82, 2.24) is 9.97 Å². The van der Waals surface area contributed by atoms with Crippen molar-refractivity contribution in [3.8, 4) is 17.0 Å². The molecular formula is C15H15N3O. The van der Waals surface area contributed by atoms with Gasteiger partial charge in [-0.15, -0.1) is 0 Å². The van der Waals surface area contributed by atoms with Crippen LogP contribution in [-0.4, -0.2) is 17.1 Å². The molecule has 19 heavy (non-hydrogen) atoms. The highest BCUT2D eigenvalue weighted by Crippen LogP contribution is 2.30. The molecule has 0 saturated heterocycles. The smallest absolute Gasteiger partial charge is 0.221 e. The van der Waals surface area contributed by atoms with Crippen molar-refractivity contribution in [2.24, 2.45) is 5.73 Å². The van der Waals surface area contributed by atoms with Crippen LogP contribution in [0.15, 0.2) is 42.6 Å². The molecule has 0 radical (unpaired) electrons. The molecule has 0 spiro atoms. The Morgan fingerprint density at radius 1 is 1.26 bits per heavy atom. The van der Waals surface area contributed by atoms with E-state index in [4.69, 9.17) is 10.5 Å². The van der Waals surface area contributed by atoms with Crippen molar-refractivity contribution in [2.45, 2.75) is 6.54 Å². The molecule has 0 aliphatic rings. The number of methoxy groups -OCH3 is 1. The van der Waals surface area contributed by atoms with E-state index in [1.807, 2.05) is 12.1 Å². The summed E-state index contributed by atoms with van der Waals surface area (Å²) in [5, 5.41) is 1.14. The molecule has 0 unspecified atom stereocenters. The Kier molecular flexibility index (Phi) is 2.93. The number of fused-ring (bicyclic) bond motifs is 1. The van der Waals surface area contributed by atoms with Crippen LogP contribution in [0.5, 0.6) is 5.88 Å². The first-order valence-corrected chi connectivity index (χ1v) is 6.13. The molecule has 0 aliphatic heterocycles. The van der Waals surface area contributed by atoms with Gasteiger partial charge in [0.2, 0.25) is 5.88 Å². The Morgan fingerprint density at radius 2 is 2.16 bits per heavy atom. The number of nitrogens with two attached hydrogens (primary N) is 1. The summed E-state index contributed by atoms with van der Waals surface area (Å²) >= 11 is 0. The van der Waals surface area contributed by atoms with Crippen LogP contribution in [0, 0.1) is 0 Å². The van der Waals surface area contributed by atoms with E-state index in [2.05, 4.69) is 34.2 Å².